The van der Waals surface area contributed by atoms with Gasteiger partial charge in [0.25, 0.3) is 0 Å². The first-order valence-electron chi connectivity index (χ1n) is 8.71. The molecule has 0 aromatic heterocycles. The molecule has 3 heteroatoms. The van der Waals surface area contributed by atoms with E-state index in [-0.39, 0.29) is 0 Å². The van der Waals surface area contributed by atoms with Crippen LogP contribution in [0.1, 0.15) is 57.8 Å². The molecule has 0 amide bonds. The maximum atomic E-state index is 6.18. The Bertz CT molecular complexity index is 490. The Morgan fingerprint density at radius 3 is 2.52 bits per heavy atom. The molecule has 2 fully saturated rings. The minimum Gasteiger partial charge on any atom is -0.490 e. The molecule has 4 rings (SSSR count). The molecule has 2 saturated carbocycles. The fraction of sp³-hybridized carbons (Fsp3) is 0.667. The minimum atomic E-state index is 0.445. The standard InChI is InChI=1S/C18H26N2O/c1-2-6-14(7-3-1)20-13-19-17-11-10-16(12-18(17)20)21-15-8-4-5-9-15/h10-12,14-15,19H,1-9,13H2. The smallest absolute Gasteiger partial charge is 0.121 e. The summed E-state index contributed by atoms with van der Waals surface area (Å²) in [5.41, 5.74) is 2.64. The highest BCUT2D eigenvalue weighted by Gasteiger charge is 2.27. The number of nitrogens with zero attached hydrogens (tertiary/aromatic N) is 1. The van der Waals surface area contributed by atoms with E-state index in [1.54, 1.807) is 0 Å². The predicted octanol–water partition coefficient (Wildman–Crippen LogP) is 4.53. The molecule has 1 aliphatic heterocycles. The second kappa shape index (κ2) is 5.78. The van der Waals surface area contributed by atoms with Crippen LogP contribution in [0.2, 0.25) is 0 Å². The maximum Gasteiger partial charge on any atom is 0.121 e. The molecule has 0 unspecified atom stereocenters. The van der Waals surface area contributed by atoms with Crippen LogP contribution in [0.4, 0.5) is 11.4 Å². The molecule has 3 nitrogen and oxygen atoms in total. The second-order valence-corrected chi connectivity index (χ2v) is 6.80. The topological polar surface area (TPSA) is 24.5 Å². The van der Waals surface area contributed by atoms with Crippen LogP contribution in [0.15, 0.2) is 18.2 Å². The molecule has 1 aromatic rings. The van der Waals surface area contributed by atoms with Crippen molar-refractivity contribution in [1.82, 2.24) is 0 Å². The van der Waals surface area contributed by atoms with Gasteiger partial charge in [-0.15, -0.1) is 0 Å². The van der Waals surface area contributed by atoms with Gasteiger partial charge in [-0.3, -0.25) is 0 Å². The van der Waals surface area contributed by atoms with Gasteiger partial charge in [0.05, 0.1) is 24.1 Å². The van der Waals surface area contributed by atoms with Gasteiger partial charge < -0.3 is 15.0 Å². The highest BCUT2D eigenvalue weighted by molar-refractivity contribution is 5.76. The van der Waals surface area contributed by atoms with E-state index in [9.17, 15) is 0 Å². The van der Waals surface area contributed by atoms with E-state index in [2.05, 4.69) is 28.4 Å². The zero-order valence-electron chi connectivity index (χ0n) is 12.8. The summed E-state index contributed by atoms with van der Waals surface area (Å²) in [4.78, 5) is 2.57. The fourth-order valence-electron chi connectivity index (χ4n) is 4.14. The molecular formula is C18H26N2O. The maximum absolute atomic E-state index is 6.18. The van der Waals surface area contributed by atoms with Crippen LogP contribution in [0.25, 0.3) is 0 Å². The fourth-order valence-corrected chi connectivity index (χ4v) is 4.14. The molecule has 1 N–H and O–H groups in total. The molecule has 1 aromatic carbocycles. The van der Waals surface area contributed by atoms with Crippen LogP contribution >= 0.6 is 0 Å². The van der Waals surface area contributed by atoms with E-state index in [0.29, 0.717) is 12.1 Å². The molecule has 0 atom stereocenters. The Balaban J connectivity index is 1.52. The van der Waals surface area contributed by atoms with Crippen molar-refractivity contribution < 1.29 is 4.74 Å². The molecule has 21 heavy (non-hydrogen) atoms. The number of hydrogen-bond acceptors (Lipinski definition) is 3. The number of nitrogens with one attached hydrogen (secondary N) is 1. The van der Waals surface area contributed by atoms with Gasteiger partial charge in [-0.2, -0.15) is 0 Å². The van der Waals surface area contributed by atoms with Crippen molar-refractivity contribution in [2.24, 2.45) is 0 Å². The van der Waals surface area contributed by atoms with Crippen molar-refractivity contribution in [3.05, 3.63) is 18.2 Å². The number of ether oxygens (including phenoxy) is 1. The third-order valence-electron chi connectivity index (χ3n) is 5.34. The van der Waals surface area contributed by atoms with Gasteiger partial charge in [0, 0.05) is 12.1 Å². The summed E-state index contributed by atoms with van der Waals surface area (Å²) in [6, 6.07) is 7.31. The van der Waals surface area contributed by atoms with Gasteiger partial charge in [-0.1, -0.05) is 19.3 Å². The van der Waals surface area contributed by atoms with Crippen LogP contribution < -0.4 is 15.0 Å². The van der Waals surface area contributed by atoms with Crippen LogP contribution in [0.5, 0.6) is 5.75 Å². The lowest BCUT2D eigenvalue weighted by Crippen LogP contribution is -2.36. The normalized spacial score (nSPS) is 23.1. The van der Waals surface area contributed by atoms with Crippen molar-refractivity contribution in [3.8, 4) is 5.75 Å². The van der Waals surface area contributed by atoms with Gasteiger partial charge in [-0.25, -0.2) is 0 Å². The van der Waals surface area contributed by atoms with Gasteiger partial charge in [0.1, 0.15) is 5.75 Å². The predicted molar refractivity (Wildman–Crippen MR) is 87.2 cm³/mol. The molecule has 1 heterocycles. The van der Waals surface area contributed by atoms with Crippen molar-refractivity contribution in [1.29, 1.82) is 0 Å². The van der Waals surface area contributed by atoms with Gasteiger partial charge >= 0.3 is 0 Å². The monoisotopic (exact) mass is 286 g/mol. The quantitative estimate of drug-likeness (QED) is 0.883. The molecule has 114 valence electrons. The van der Waals surface area contributed by atoms with Gasteiger partial charge in [0.15, 0.2) is 0 Å². The molecule has 0 bridgehead atoms. The SMILES string of the molecule is c1cc2c(cc1OC1CCCC1)N(C1CCCCC1)CN2. The molecule has 2 aliphatic carbocycles. The Labute approximate surface area is 127 Å². The van der Waals surface area contributed by atoms with E-state index in [4.69, 9.17) is 4.74 Å². The zero-order valence-corrected chi connectivity index (χ0v) is 12.8. The van der Waals surface area contributed by atoms with Crippen LogP contribution in [-0.2, 0) is 0 Å². The van der Waals surface area contributed by atoms with Gasteiger partial charge in [-0.05, 0) is 50.7 Å². The molecule has 0 spiro atoms. The van der Waals surface area contributed by atoms with Crippen molar-refractivity contribution in [2.45, 2.75) is 69.9 Å². The average molecular weight is 286 g/mol. The number of benzene rings is 1. The van der Waals surface area contributed by atoms with Crippen molar-refractivity contribution >= 4 is 11.4 Å². The Kier molecular flexibility index (Phi) is 3.66. The first-order valence-corrected chi connectivity index (χ1v) is 8.71. The lowest BCUT2D eigenvalue weighted by molar-refractivity contribution is 0.210. The lowest BCUT2D eigenvalue weighted by Gasteiger charge is -2.32. The summed E-state index contributed by atoms with van der Waals surface area (Å²) in [6.07, 6.45) is 12.4. The summed E-state index contributed by atoms with van der Waals surface area (Å²) in [5.74, 6) is 1.06. The minimum absolute atomic E-state index is 0.445. The van der Waals surface area contributed by atoms with Crippen molar-refractivity contribution in [2.75, 3.05) is 16.9 Å². The summed E-state index contributed by atoms with van der Waals surface area (Å²) < 4.78 is 6.18. The van der Waals surface area contributed by atoms with Crippen LogP contribution in [0, 0.1) is 0 Å². The Morgan fingerprint density at radius 2 is 1.71 bits per heavy atom. The highest BCUT2D eigenvalue weighted by Crippen LogP contribution is 2.39. The number of hydrogen-bond donors (Lipinski definition) is 1. The third-order valence-corrected chi connectivity index (χ3v) is 5.34. The zero-order chi connectivity index (χ0) is 14.1. The van der Waals surface area contributed by atoms with Gasteiger partial charge in [0.2, 0.25) is 0 Å². The first kappa shape index (κ1) is 13.3. The number of fused-ring (bicyclic) bond motifs is 1. The van der Waals surface area contributed by atoms with Crippen LogP contribution in [-0.4, -0.2) is 18.8 Å². The van der Waals surface area contributed by atoms with E-state index in [1.165, 1.54) is 69.2 Å². The van der Waals surface area contributed by atoms with E-state index in [0.717, 1.165) is 12.4 Å². The molecule has 3 aliphatic rings. The molecular weight excluding hydrogens is 260 g/mol. The summed E-state index contributed by atoms with van der Waals surface area (Å²) >= 11 is 0. The first-order chi connectivity index (χ1) is 10.4. The Hall–Kier alpha value is -1.38. The summed E-state index contributed by atoms with van der Waals surface area (Å²) in [6.45, 7) is 0.965. The average Bonchev–Trinajstić information content (AvgIpc) is 3.17. The van der Waals surface area contributed by atoms with E-state index < -0.39 is 0 Å². The third kappa shape index (κ3) is 2.70. The summed E-state index contributed by atoms with van der Waals surface area (Å²) in [7, 11) is 0. The number of rotatable bonds is 3. The highest BCUT2D eigenvalue weighted by atomic mass is 16.5. The number of anilines is 2. The second-order valence-electron chi connectivity index (χ2n) is 6.80. The molecule has 0 saturated heterocycles. The van der Waals surface area contributed by atoms with E-state index in [1.807, 2.05) is 0 Å². The van der Waals surface area contributed by atoms with E-state index >= 15 is 0 Å². The molecule has 0 radical (unpaired) electrons. The summed E-state index contributed by atoms with van der Waals surface area (Å²) in [5, 5.41) is 3.54. The largest absolute Gasteiger partial charge is 0.490 e. The van der Waals surface area contributed by atoms with Crippen molar-refractivity contribution in [3.63, 3.8) is 0 Å². The Morgan fingerprint density at radius 1 is 0.952 bits per heavy atom. The lowest BCUT2D eigenvalue weighted by atomic mass is 9.94. The van der Waals surface area contributed by atoms with Crippen LogP contribution in [0.3, 0.4) is 0 Å².